The molecular weight excluding hydrogens is 332 g/mol. The van der Waals surface area contributed by atoms with Gasteiger partial charge in [-0.25, -0.2) is 0 Å². The summed E-state index contributed by atoms with van der Waals surface area (Å²) in [5, 5.41) is 8.47. The molecule has 5 nitrogen and oxygen atoms in total. The van der Waals surface area contributed by atoms with E-state index >= 15 is 0 Å². The van der Waals surface area contributed by atoms with E-state index in [9.17, 15) is 0 Å². The van der Waals surface area contributed by atoms with Gasteiger partial charge >= 0.3 is 0 Å². The van der Waals surface area contributed by atoms with E-state index in [2.05, 4.69) is 0 Å². The van der Waals surface area contributed by atoms with E-state index < -0.39 is 0 Å². The van der Waals surface area contributed by atoms with Gasteiger partial charge in [-0.2, -0.15) is 0 Å². The van der Waals surface area contributed by atoms with E-state index in [0.717, 1.165) is 39.3 Å². The van der Waals surface area contributed by atoms with E-state index in [1.807, 2.05) is 0 Å². The third kappa shape index (κ3) is 9.65. The second kappa shape index (κ2) is 14.8. The minimum absolute atomic E-state index is 0. The first-order chi connectivity index (χ1) is 12.3. The van der Waals surface area contributed by atoms with Crippen molar-refractivity contribution >= 4 is 0 Å². The van der Waals surface area contributed by atoms with Gasteiger partial charge in [0.2, 0.25) is 0 Å². The predicted molar refractivity (Wildman–Crippen MR) is 104 cm³/mol. The Bertz CT molecular complexity index is 292. The molecule has 0 atom stereocenters. The molecule has 2 aliphatic heterocycles. The van der Waals surface area contributed by atoms with Crippen LogP contribution in [0.4, 0.5) is 0 Å². The molecule has 0 aromatic carbocycles. The monoisotopic (exact) mass is 374 g/mol. The van der Waals surface area contributed by atoms with Crippen LogP contribution in [-0.2, 0) is 18.9 Å². The molecule has 5 heteroatoms. The molecule has 4 rings (SSSR count). The third-order valence-electron chi connectivity index (χ3n) is 5.25. The molecule has 0 radical (unpaired) electrons. The fourth-order valence-electron chi connectivity index (χ4n) is 3.84. The zero-order chi connectivity index (χ0) is 17.6. The van der Waals surface area contributed by atoms with E-state index in [1.54, 1.807) is 0 Å². The summed E-state index contributed by atoms with van der Waals surface area (Å²) in [6, 6.07) is 0. The number of hydrogen-bond donors (Lipinski definition) is 1. The Morgan fingerprint density at radius 3 is 1.85 bits per heavy atom. The van der Waals surface area contributed by atoms with Gasteiger partial charge in [0.1, 0.15) is 0 Å². The minimum Gasteiger partial charge on any atom is -0.394 e. The van der Waals surface area contributed by atoms with Gasteiger partial charge in [-0.05, 0) is 38.5 Å². The molecule has 2 saturated carbocycles. The molecule has 0 amide bonds. The highest BCUT2D eigenvalue weighted by Gasteiger charge is 2.37. The lowest BCUT2D eigenvalue weighted by Gasteiger charge is -2.30. The Morgan fingerprint density at radius 1 is 0.769 bits per heavy atom. The highest BCUT2D eigenvalue weighted by atomic mass is 16.7. The van der Waals surface area contributed by atoms with Crippen molar-refractivity contribution in [2.45, 2.75) is 96.4 Å². The molecule has 4 fully saturated rings. The second-order valence-corrected chi connectivity index (χ2v) is 7.34. The van der Waals surface area contributed by atoms with Crippen LogP contribution in [0.2, 0.25) is 0 Å². The van der Waals surface area contributed by atoms with Crippen molar-refractivity contribution in [1.29, 1.82) is 0 Å². The van der Waals surface area contributed by atoms with Crippen LogP contribution in [0.15, 0.2) is 0 Å². The molecule has 0 aromatic heterocycles. The van der Waals surface area contributed by atoms with Gasteiger partial charge in [-0.1, -0.05) is 33.1 Å². The zero-order valence-electron chi connectivity index (χ0n) is 15.9. The molecule has 26 heavy (non-hydrogen) atoms. The molecule has 1 N–H and O–H groups in total. The number of aliphatic hydroxyl groups excluding tert-OH is 1. The van der Waals surface area contributed by atoms with Gasteiger partial charge in [-0.3, -0.25) is 0 Å². The normalized spacial score (nSPS) is 24.8. The molecule has 0 bridgehead atoms. The summed E-state index contributed by atoms with van der Waals surface area (Å²) in [4.78, 5) is 0. The summed E-state index contributed by atoms with van der Waals surface area (Å²) in [6.07, 6.45) is 15.5. The van der Waals surface area contributed by atoms with E-state index in [0.29, 0.717) is 12.7 Å². The Kier molecular flexibility index (Phi) is 13.6. The smallest absolute Gasteiger partial charge is 0.168 e. The van der Waals surface area contributed by atoms with Crippen LogP contribution in [0.1, 0.15) is 84.5 Å². The first kappa shape index (κ1) is 23.8. The summed E-state index contributed by atoms with van der Waals surface area (Å²) in [7, 11) is 0. The van der Waals surface area contributed by atoms with Gasteiger partial charge in [0, 0.05) is 26.1 Å². The highest BCUT2D eigenvalue weighted by Crippen LogP contribution is 2.35. The number of hydrogen-bond acceptors (Lipinski definition) is 5. The topological polar surface area (TPSA) is 57.2 Å². The lowest BCUT2D eigenvalue weighted by atomic mass is 9.94. The van der Waals surface area contributed by atoms with E-state index in [1.165, 1.54) is 64.2 Å². The summed E-state index contributed by atoms with van der Waals surface area (Å²) < 4.78 is 21.4. The predicted octanol–water partition coefficient (Wildman–Crippen LogP) is 4.45. The summed E-state index contributed by atoms with van der Waals surface area (Å²) in [5.41, 5.74) is 0. The fourth-order valence-corrected chi connectivity index (χ4v) is 3.84. The third-order valence-corrected chi connectivity index (χ3v) is 5.25. The van der Waals surface area contributed by atoms with Crippen molar-refractivity contribution in [2.24, 2.45) is 0 Å². The van der Waals surface area contributed by atoms with Crippen LogP contribution in [0.3, 0.4) is 0 Å². The van der Waals surface area contributed by atoms with Crippen LogP contribution < -0.4 is 0 Å². The van der Waals surface area contributed by atoms with Crippen molar-refractivity contribution in [2.75, 3.05) is 39.6 Å². The highest BCUT2D eigenvalue weighted by molar-refractivity contribution is 4.77. The van der Waals surface area contributed by atoms with Gasteiger partial charge in [0.05, 0.1) is 32.5 Å². The Hall–Kier alpha value is -0.200. The van der Waals surface area contributed by atoms with Crippen molar-refractivity contribution in [1.82, 2.24) is 0 Å². The first-order valence-electron chi connectivity index (χ1n) is 10.4. The zero-order valence-corrected chi connectivity index (χ0v) is 15.9. The standard InChI is InChI=1S/C8H14O2.C8H16O2.C4H8O.CH4/c1-2-4-8(5-3-1)9-6-7-10-8;9-6-7-10-8-4-2-1-3-5-8;1-2-4-5-3-1;/h1-7H2;8-9H,1-7H2;1-4H2;1H4. The fraction of sp³-hybridized carbons (Fsp3) is 1.00. The minimum atomic E-state index is -0.127. The van der Waals surface area contributed by atoms with Crippen molar-refractivity contribution in [3.05, 3.63) is 0 Å². The molecule has 2 saturated heterocycles. The van der Waals surface area contributed by atoms with Gasteiger partial charge < -0.3 is 24.1 Å². The van der Waals surface area contributed by atoms with Crippen molar-refractivity contribution in [3.8, 4) is 0 Å². The average Bonchev–Trinajstić information content (AvgIpc) is 3.38. The number of ether oxygens (including phenoxy) is 4. The SMILES string of the molecule is C.C1CCC2(CC1)OCCO2.C1CCOC1.OCCOC1CCCCC1. The Balaban J connectivity index is 0.000000202. The molecular formula is C21H42O5. The maximum Gasteiger partial charge on any atom is 0.168 e. The molecule has 2 heterocycles. The average molecular weight is 375 g/mol. The molecule has 0 unspecified atom stereocenters. The number of aliphatic hydroxyl groups is 1. The summed E-state index contributed by atoms with van der Waals surface area (Å²) in [6.45, 7) is 4.29. The van der Waals surface area contributed by atoms with Crippen LogP contribution >= 0.6 is 0 Å². The summed E-state index contributed by atoms with van der Waals surface area (Å²) >= 11 is 0. The van der Waals surface area contributed by atoms with E-state index in [-0.39, 0.29) is 19.8 Å². The van der Waals surface area contributed by atoms with Crippen molar-refractivity contribution in [3.63, 3.8) is 0 Å². The number of rotatable bonds is 3. The van der Waals surface area contributed by atoms with Gasteiger partial charge in [-0.15, -0.1) is 0 Å². The van der Waals surface area contributed by atoms with Crippen LogP contribution in [0, 0.1) is 0 Å². The van der Waals surface area contributed by atoms with Crippen LogP contribution in [0.5, 0.6) is 0 Å². The largest absolute Gasteiger partial charge is 0.394 e. The molecule has 1 spiro atoms. The van der Waals surface area contributed by atoms with Gasteiger partial charge in [0.25, 0.3) is 0 Å². The van der Waals surface area contributed by atoms with Crippen LogP contribution in [0.25, 0.3) is 0 Å². The van der Waals surface area contributed by atoms with Gasteiger partial charge in [0.15, 0.2) is 5.79 Å². The Morgan fingerprint density at radius 2 is 1.35 bits per heavy atom. The van der Waals surface area contributed by atoms with Crippen molar-refractivity contribution < 1.29 is 24.1 Å². The maximum absolute atomic E-state index is 8.47. The summed E-state index contributed by atoms with van der Waals surface area (Å²) in [5.74, 6) is -0.127. The molecule has 0 aromatic rings. The quantitative estimate of drug-likeness (QED) is 0.791. The molecule has 156 valence electrons. The van der Waals surface area contributed by atoms with E-state index in [4.69, 9.17) is 24.1 Å². The lowest BCUT2D eigenvalue weighted by Crippen LogP contribution is -2.32. The van der Waals surface area contributed by atoms with Crippen LogP contribution in [-0.4, -0.2) is 56.6 Å². The second-order valence-electron chi connectivity index (χ2n) is 7.34. The molecule has 4 aliphatic rings. The maximum atomic E-state index is 8.47. The lowest BCUT2D eigenvalue weighted by molar-refractivity contribution is -0.176. The Labute approximate surface area is 160 Å². The molecule has 2 aliphatic carbocycles. The first-order valence-corrected chi connectivity index (χ1v) is 10.4.